The number of para-hydroxylation sites is 3. The number of nitro groups is 1. The van der Waals surface area contributed by atoms with Gasteiger partial charge >= 0.3 is 0 Å². The summed E-state index contributed by atoms with van der Waals surface area (Å²) in [6, 6.07) is 27.0. The van der Waals surface area contributed by atoms with E-state index in [-0.39, 0.29) is 28.4 Å². The maximum atomic E-state index is 14.1. The summed E-state index contributed by atoms with van der Waals surface area (Å²) in [5, 5.41) is 11.9. The standard InChI is InChI=1S/C32H27ClN4O5/c1-21(30-34-26-13-7-6-12-24(26)32(39)36(30)27-14-8-9-15-29(27)42-2)35(19-18-22-10-4-3-5-11-22)31(38)23-16-17-25(33)28(20-23)37(40)41/h3-17,20-21H,18-19H2,1-2H3. The first-order valence-corrected chi connectivity index (χ1v) is 13.6. The zero-order valence-electron chi connectivity index (χ0n) is 22.9. The third-order valence-electron chi connectivity index (χ3n) is 7.10. The van der Waals surface area contributed by atoms with Gasteiger partial charge in [-0.05, 0) is 55.3 Å². The summed E-state index contributed by atoms with van der Waals surface area (Å²) in [6.07, 6.45) is 0.499. The maximum Gasteiger partial charge on any atom is 0.288 e. The van der Waals surface area contributed by atoms with Gasteiger partial charge in [0, 0.05) is 18.2 Å². The number of carbonyl (C=O) groups is 1. The fourth-order valence-corrected chi connectivity index (χ4v) is 5.12. The molecule has 42 heavy (non-hydrogen) atoms. The number of ether oxygens (including phenoxy) is 1. The number of carbonyl (C=O) groups excluding carboxylic acids is 1. The van der Waals surface area contributed by atoms with E-state index in [9.17, 15) is 19.7 Å². The van der Waals surface area contributed by atoms with Gasteiger partial charge in [0.2, 0.25) is 0 Å². The molecule has 0 saturated carbocycles. The number of rotatable bonds is 9. The van der Waals surface area contributed by atoms with Crippen LogP contribution in [0.25, 0.3) is 16.6 Å². The number of aromatic nitrogens is 2. The third kappa shape index (κ3) is 5.59. The van der Waals surface area contributed by atoms with Gasteiger partial charge in [0.1, 0.15) is 16.6 Å². The number of methoxy groups -OCH3 is 1. The molecule has 1 heterocycles. The molecule has 5 aromatic rings. The molecule has 0 radical (unpaired) electrons. The smallest absolute Gasteiger partial charge is 0.288 e. The highest BCUT2D eigenvalue weighted by atomic mass is 35.5. The number of nitro benzene ring substituents is 1. The molecule has 0 aliphatic heterocycles. The highest BCUT2D eigenvalue weighted by molar-refractivity contribution is 6.32. The van der Waals surface area contributed by atoms with E-state index in [2.05, 4.69) is 0 Å². The molecular weight excluding hydrogens is 556 g/mol. The number of amides is 1. The summed E-state index contributed by atoms with van der Waals surface area (Å²) in [5.74, 6) is 0.306. The Morgan fingerprint density at radius 1 is 1.02 bits per heavy atom. The van der Waals surface area contributed by atoms with Crippen molar-refractivity contribution in [2.45, 2.75) is 19.4 Å². The molecule has 9 nitrogen and oxygen atoms in total. The Labute approximate surface area is 246 Å². The number of hydrogen-bond acceptors (Lipinski definition) is 6. The van der Waals surface area contributed by atoms with Gasteiger partial charge in [0.25, 0.3) is 17.2 Å². The van der Waals surface area contributed by atoms with Crippen LogP contribution < -0.4 is 10.3 Å². The van der Waals surface area contributed by atoms with Crippen molar-refractivity contribution in [3.8, 4) is 11.4 Å². The molecule has 1 atom stereocenters. The van der Waals surface area contributed by atoms with Crippen LogP contribution in [0.4, 0.5) is 5.69 Å². The Balaban J connectivity index is 1.69. The van der Waals surface area contributed by atoms with Gasteiger partial charge in [-0.2, -0.15) is 0 Å². The van der Waals surface area contributed by atoms with Crippen molar-refractivity contribution in [3.05, 3.63) is 140 Å². The Hall–Kier alpha value is -5.02. The largest absolute Gasteiger partial charge is 0.495 e. The normalized spacial score (nSPS) is 11.7. The fraction of sp³-hybridized carbons (Fsp3) is 0.156. The van der Waals surface area contributed by atoms with E-state index in [1.807, 2.05) is 30.3 Å². The minimum Gasteiger partial charge on any atom is -0.495 e. The van der Waals surface area contributed by atoms with Crippen molar-refractivity contribution in [1.82, 2.24) is 14.5 Å². The average molecular weight is 583 g/mol. The lowest BCUT2D eigenvalue weighted by molar-refractivity contribution is -0.384. The first kappa shape index (κ1) is 28.5. The molecule has 1 aromatic heterocycles. The predicted octanol–water partition coefficient (Wildman–Crippen LogP) is 6.40. The first-order chi connectivity index (χ1) is 20.3. The van der Waals surface area contributed by atoms with E-state index >= 15 is 0 Å². The van der Waals surface area contributed by atoms with E-state index in [0.29, 0.717) is 34.6 Å². The van der Waals surface area contributed by atoms with Crippen molar-refractivity contribution in [1.29, 1.82) is 0 Å². The van der Waals surface area contributed by atoms with Crippen molar-refractivity contribution < 1.29 is 14.5 Å². The second kappa shape index (κ2) is 12.2. The van der Waals surface area contributed by atoms with Gasteiger partial charge in [0.05, 0.1) is 34.7 Å². The summed E-state index contributed by atoms with van der Waals surface area (Å²) >= 11 is 6.04. The molecule has 0 spiro atoms. The molecule has 4 aromatic carbocycles. The molecule has 0 aliphatic rings. The van der Waals surface area contributed by atoms with Crippen LogP contribution in [0.3, 0.4) is 0 Å². The second-order valence-corrected chi connectivity index (χ2v) is 10.0. The summed E-state index contributed by atoms with van der Waals surface area (Å²) in [6.45, 7) is 2.03. The second-order valence-electron chi connectivity index (χ2n) is 9.63. The van der Waals surface area contributed by atoms with E-state index in [4.69, 9.17) is 21.3 Å². The van der Waals surface area contributed by atoms with Crippen LogP contribution in [0.5, 0.6) is 5.75 Å². The summed E-state index contributed by atoms with van der Waals surface area (Å²) in [5.41, 5.74) is 1.37. The first-order valence-electron chi connectivity index (χ1n) is 13.2. The topological polar surface area (TPSA) is 108 Å². The Kier molecular flexibility index (Phi) is 8.31. The zero-order valence-corrected chi connectivity index (χ0v) is 23.7. The minimum atomic E-state index is -0.738. The van der Waals surface area contributed by atoms with Crippen molar-refractivity contribution in [2.75, 3.05) is 13.7 Å². The minimum absolute atomic E-state index is 0.0679. The number of halogens is 1. The Bertz CT molecular complexity index is 1840. The van der Waals surface area contributed by atoms with E-state index in [1.54, 1.807) is 60.4 Å². The van der Waals surface area contributed by atoms with Gasteiger partial charge in [0.15, 0.2) is 0 Å². The van der Waals surface area contributed by atoms with E-state index in [1.165, 1.54) is 29.9 Å². The van der Waals surface area contributed by atoms with Crippen molar-refractivity contribution >= 4 is 34.1 Å². The van der Waals surface area contributed by atoms with Crippen molar-refractivity contribution in [3.63, 3.8) is 0 Å². The lowest BCUT2D eigenvalue weighted by Gasteiger charge is -2.31. The van der Waals surface area contributed by atoms with E-state index < -0.39 is 16.9 Å². The van der Waals surface area contributed by atoms with Gasteiger partial charge in [-0.25, -0.2) is 4.98 Å². The molecule has 212 valence electrons. The average Bonchev–Trinajstić information content (AvgIpc) is 3.01. The van der Waals surface area contributed by atoms with Crippen LogP contribution in [0, 0.1) is 10.1 Å². The highest BCUT2D eigenvalue weighted by Gasteiger charge is 2.29. The number of nitrogens with zero attached hydrogens (tertiary/aromatic N) is 4. The molecule has 0 N–H and O–H groups in total. The number of hydrogen-bond donors (Lipinski definition) is 0. The summed E-state index contributed by atoms with van der Waals surface area (Å²) in [4.78, 5) is 45.5. The van der Waals surface area contributed by atoms with Crippen LogP contribution in [0.1, 0.15) is 34.7 Å². The van der Waals surface area contributed by atoms with Crippen LogP contribution >= 0.6 is 11.6 Å². The number of fused-ring (bicyclic) bond motifs is 1. The SMILES string of the molecule is COc1ccccc1-n1c(C(C)N(CCc2ccccc2)C(=O)c2ccc(Cl)c([N+](=O)[O-])c2)nc2ccccc2c1=O. The zero-order chi connectivity index (χ0) is 29.8. The van der Waals surface area contributed by atoms with Gasteiger partial charge in [-0.1, -0.05) is 66.2 Å². The fourth-order valence-electron chi connectivity index (χ4n) is 4.93. The quantitative estimate of drug-likeness (QED) is 0.147. The molecule has 1 unspecified atom stereocenters. The Morgan fingerprint density at radius 3 is 2.45 bits per heavy atom. The third-order valence-corrected chi connectivity index (χ3v) is 7.42. The summed E-state index contributed by atoms with van der Waals surface area (Å²) in [7, 11) is 1.52. The van der Waals surface area contributed by atoms with Crippen LogP contribution in [0.2, 0.25) is 5.02 Å². The van der Waals surface area contributed by atoms with Crippen molar-refractivity contribution in [2.24, 2.45) is 0 Å². The molecular formula is C32H27ClN4O5. The summed E-state index contributed by atoms with van der Waals surface area (Å²) < 4.78 is 7.06. The van der Waals surface area contributed by atoms with Gasteiger partial charge in [-0.15, -0.1) is 0 Å². The lowest BCUT2D eigenvalue weighted by atomic mass is 10.1. The monoisotopic (exact) mass is 582 g/mol. The molecule has 0 aliphatic carbocycles. The molecule has 0 bridgehead atoms. The Morgan fingerprint density at radius 2 is 1.71 bits per heavy atom. The molecule has 1 amide bonds. The maximum absolute atomic E-state index is 14.1. The van der Waals surface area contributed by atoms with Crippen LogP contribution in [-0.4, -0.2) is 38.9 Å². The molecule has 5 rings (SSSR count). The van der Waals surface area contributed by atoms with Crippen LogP contribution in [-0.2, 0) is 6.42 Å². The highest BCUT2D eigenvalue weighted by Crippen LogP contribution is 2.30. The molecule has 10 heteroatoms. The van der Waals surface area contributed by atoms with Gasteiger partial charge < -0.3 is 9.64 Å². The van der Waals surface area contributed by atoms with Gasteiger partial charge in [-0.3, -0.25) is 24.3 Å². The number of benzene rings is 4. The molecule has 0 fully saturated rings. The lowest BCUT2D eigenvalue weighted by Crippen LogP contribution is -2.38. The molecule has 0 saturated heterocycles. The van der Waals surface area contributed by atoms with Crippen LogP contribution in [0.15, 0.2) is 102 Å². The predicted molar refractivity (Wildman–Crippen MR) is 162 cm³/mol. The van der Waals surface area contributed by atoms with E-state index in [0.717, 1.165) is 5.56 Å².